The largest absolute Gasteiger partial charge is 0.295 e. The van der Waals surface area contributed by atoms with Crippen LogP contribution >= 0.6 is 0 Å². The van der Waals surface area contributed by atoms with Crippen molar-refractivity contribution in [3.63, 3.8) is 0 Å². The molecule has 0 aliphatic carbocycles. The van der Waals surface area contributed by atoms with E-state index in [-0.39, 0.29) is 0 Å². The Morgan fingerprint density at radius 1 is 1.83 bits per heavy atom. The van der Waals surface area contributed by atoms with Gasteiger partial charge >= 0.3 is 0 Å². The van der Waals surface area contributed by atoms with Crippen LogP contribution < -0.4 is 17.0 Å². The van der Waals surface area contributed by atoms with Crippen molar-refractivity contribution in [2.24, 2.45) is 16.7 Å². The van der Waals surface area contributed by atoms with Crippen LogP contribution in [-0.2, 0) is 0 Å². The Hall–Kier alpha value is -0.520. The molecule has 5 heteroatoms. The van der Waals surface area contributed by atoms with Crippen molar-refractivity contribution < 1.29 is 0 Å². The molecule has 0 fully saturated rings. The molecule has 0 aromatic rings. The molecule has 0 aliphatic heterocycles. The molecule has 0 bridgehead atoms. The van der Waals surface area contributed by atoms with E-state index >= 15 is 0 Å². The molecule has 0 amide bonds. The summed E-state index contributed by atoms with van der Waals surface area (Å²) in [6, 6.07) is 0. The predicted octanol–water partition coefficient (Wildman–Crippen LogP) is -1.28. The minimum atomic E-state index is -0.745. The van der Waals surface area contributed by atoms with Crippen LogP contribution in [-0.4, -0.2) is 6.29 Å². The van der Waals surface area contributed by atoms with Crippen molar-refractivity contribution >= 4 is 0 Å². The van der Waals surface area contributed by atoms with Gasteiger partial charge in [-0.1, -0.05) is 0 Å². The summed E-state index contributed by atoms with van der Waals surface area (Å²) in [6.45, 7) is 0. The summed E-state index contributed by atoms with van der Waals surface area (Å²) in [5.74, 6) is 4.69. The summed E-state index contributed by atoms with van der Waals surface area (Å²) in [4.78, 5) is 0. The fourth-order valence-electron chi connectivity index (χ4n) is 0.0373. The Balaban J connectivity index is 2.96. The van der Waals surface area contributed by atoms with E-state index in [1.54, 1.807) is 0 Å². The van der Waals surface area contributed by atoms with Crippen LogP contribution in [0.4, 0.5) is 0 Å². The van der Waals surface area contributed by atoms with Crippen LogP contribution in [0.25, 0.3) is 0 Å². The number of hydrazine groups is 1. The Labute approximate surface area is 35.2 Å². The van der Waals surface area contributed by atoms with Gasteiger partial charge in [0.05, 0.1) is 0 Å². The monoisotopic (exact) mass is 89.1 g/mol. The highest BCUT2D eigenvalue weighted by Gasteiger charge is 1.85. The fourth-order valence-corrected chi connectivity index (χ4v) is 0.0373. The van der Waals surface area contributed by atoms with E-state index in [1.807, 2.05) is 5.43 Å². The number of hydrogen-bond donors (Lipinski definition) is 4. The number of rotatable bonds is 2. The molecule has 0 radical (unpaired) electrons. The van der Waals surface area contributed by atoms with Crippen molar-refractivity contribution in [2.45, 2.75) is 6.29 Å². The molecule has 6 heavy (non-hydrogen) atoms. The third-order valence-electron chi connectivity index (χ3n) is 0.310. The van der Waals surface area contributed by atoms with Crippen molar-refractivity contribution in [3.8, 4) is 0 Å². The SMILES string of the molecule is N=NC(N)NN. The molecule has 0 aliphatic rings. The highest BCUT2D eigenvalue weighted by atomic mass is 15.4. The topological polar surface area (TPSA) is 100 Å². The molecule has 0 aromatic heterocycles. The normalized spacial score (nSPS) is 13.7. The average molecular weight is 89.1 g/mol. The van der Waals surface area contributed by atoms with E-state index in [0.717, 1.165) is 0 Å². The van der Waals surface area contributed by atoms with Crippen LogP contribution in [0, 0.1) is 5.53 Å². The summed E-state index contributed by atoms with van der Waals surface area (Å²) < 4.78 is 0. The molecule has 0 rings (SSSR count). The number of nitrogens with two attached hydrogens (primary N) is 2. The molecular weight excluding hydrogens is 82.0 g/mol. The third-order valence-corrected chi connectivity index (χ3v) is 0.310. The van der Waals surface area contributed by atoms with Gasteiger partial charge in [0.15, 0.2) is 6.29 Å². The quantitative estimate of drug-likeness (QED) is 0.147. The highest BCUT2D eigenvalue weighted by Crippen LogP contribution is 1.61. The lowest BCUT2D eigenvalue weighted by Gasteiger charge is -1.96. The van der Waals surface area contributed by atoms with Gasteiger partial charge in [0.1, 0.15) is 0 Å². The summed E-state index contributed by atoms with van der Waals surface area (Å²) >= 11 is 0. The molecule has 5 nitrogen and oxygen atoms in total. The Kier molecular flexibility index (Phi) is 2.47. The summed E-state index contributed by atoms with van der Waals surface area (Å²) in [5, 5.41) is 2.80. The first-order chi connectivity index (χ1) is 2.81. The highest BCUT2D eigenvalue weighted by molar-refractivity contribution is 4.37. The van der Waals surface area contributed by atoms with Crippen molar-refractivity contribution in [1.82, 2.24) is 5.43 Å². The maximum absolute atomic E-state index is 6.17. The summed E-state index contributed by atoms with van der Waals surface area (Å²) in [5.41, 5.74) is 13.1. The second-order valence-electron chi connectivity index (χ2n) is 0.741. The average Bonchev–Trinajstić information content (AvgIpc) is 1.65. The number of hydrogen-bond acceptors (Lipinski definition) is 5. The van der Waals surface area contributed by atoms with E-state index < -0.39 is 6.29 Å². The molecule has 0 saturated carbocycles. The first kappa shape index (κ1) is 5.48. The van der Waals surface area contributed by atoms with E-state index in [2.05, 4.69) is 5.11 Å². The molecular formula is CH7N5. The Morgan fingerprint density at radius 2 is 2.33 bits per heavy atom. The molecule has 0 spiro atoms. The third kappa shape index (κ3) is 1.77. The van der Waals surface area contributed by atoms with Gasteiger partial charge in [-0.15, -0.1) is 0 Å². The first-order valence-electron chi connectivity index (χ1n) is 1.39. The lowest BCUT2D eigenvalue weighted by Crippen LogP contribution is -2.39. The van der Waals surface area contributed by atoms with E-state index in [4.69, 9.17) is 17.1 Å². The molecule has 36 valence electrons. The predicted molar refractivity (Wildman–Crippen MR) is 20.4 cm³/mol. The van der Waals surface area contributed by atoms with Gasteiger partial charge < -0.3 is 0 Å². The van der Waals surface area contributed by atoms with E-state index in [9.17, 15) is 0 Å². The first-order valence-corrected chi connectivity index (χ1v) is 1.39. The second-order valence-corrected chi connectivity index (χ2v) is 0.741. The lowest BCUT2D eigenvalue weighted by molar-refractivity contribution is 0.536. The summed E-state index contributed by atoms with van der Waals surface area (Å²) in [6.07, 6.45) is -0.745. The van der Waals surface area contributed by atoms with Gasteiger partial charge in [0.2, 0.25) is 0 Å². The van der Waals surface area contributed by atoms with Crippen molar-refractivity contribution in [1.29, 1.82) is 5.53 Å². The van der Waals surface area contributed by atoms with Gasteiger partial charge in [0, 0.05) is 0 Å². The van der Waals surface area contributed by atoms with Gasteiger partial charge in [-0.05, 0) is 0 Å². The minimum absolute atomic E-state index is 0.745. The standard InChI is InChI=1S/CH7N5/c2-1(5-3)6-4/h1,3,6H,2,4H2. The Morgan fingerprint density at radius 3 is 2.33 bits per heavy atom. The van der Waals surface area contributed by atoms with Crippen LogP contribution in [0.3, 0.4) is 0 Å². The zero-order valence-electron chi connectivity index (χ0n) is 3.18. The maximum Gasteiger partial charge on any atom is 0.183 e. The zero-order chi connectivity index (χ0) is 4.99. The lowest BCUT2D eigenvalue weighted by atomic mass is 11.0. The molecule has 1 atom stereocenters. The number of nitrogens with one attached hydrogen (secondary N) is 2. The van der Waals surface area contributed by atoms with Gasteiger partial charge in [-0.2, -0.15) is 5.11 Å². The van der Waals surface area contributed by atoms with Gasteiger partial charge in [-0.25, -0.2) is 11.0 Å². The maximum atomic E-state index is 6.17. The Bertz CT molecular complexity index is 41.2. The molecule has 6 N–H and O–H groups in total. The van der Waals surface area contributed by atoms with Crippen molar-refractivity contribution in [3.05, 3.63) is 0 Å². The minimum Gasteiger partial charge on any atom is -0.295 e. The van der Waals surface area contributed by atoms with Gasteiger partial charge in [-0.3, -0.25) is 11.6 Å². The van der Waals surface area contributed by atoms with E-state index in [0.29, 0.717) is 0 Å². The zero-order valence-corrected chi connectivity index (χ0v) is 3.18. The fraction of sp³-hybridized carbons (Fsp3) is 1.00. The van der Waals surface area contributed by atoms with Crippen LogP contribution in [0.5, 0.6) is 0 Å². The molecule has 1 unspecified atom stereocenters. The van der Waals surface area contributed by atoms with Crippen LogP contribution in [0.2, 0.25) is 0 Å². The van der Waals surface area contributed by atoms with Crippen molar-refractivity contribution in [2.75, 3.05) is 0 Å². The smallest absolute Gasteiger partial charge is 0.183 e. The summed E-state index contributed by atoms with van der Waals surface area (Å²) in [7, 11) is 0. The molecule has 0 saturated heterocycles. The second kappa shape index (κ2) is 2.70. The molecule has 0 aromatic carbocycles. The molecule has 0 heterocycles. The van der Waals surface area contributed by atoms with E-state index in [1.165, 1.54) is 0 Å². The van der Waals surface area contributed by atoms with Gasteiger partial charge in [0.25, 0.3) is 0 Å². The van der Waals surface area contributed by atoms with Crippen LogP contribution in [0.1, 0.15) is 0 Å². The van der Waals surface area contributed by atoms with Crippen LogP contribution in [0.15, 0.2) is 5.11 Å². The number of nitrogens with zero attached hydrogens (tertiary/aromatic N) is 1.